The molecule has 0 saturated carbocycles. The summed E-state index contributed by atoms with van der Waals surface area (Å²) in [7, 11) is 0. The quantitative estimate of drug-likeness (QED) is 0.708. The number of rotatable bonds is 1. The highest BCUT2D eigenvalue weighted by Crippen LogP contribution is 2.33. The number of amides is 1. The lowest BCUT2D eigenvalue weighted by atomic mass is 9.92. The van der Waals surface area contributed by atoms with Crippen molar-refractivity contribution in [2.75, 3.05) is 13.1 Å². The van der Waals surface area contributed by atoms with Crippen LogP contribution in [0.1, 0.15) is 20.3 Å². The number of hydrogen-bond donors (Lipinski definition) is 0. The minimum Gasteiger partial charge on any atom is -0.409 e. The summed E-state index contributed by atoms with van der Waals surface area (Å²) in [5, 5.41) is 2.17. The molecule has 2 aromatic rings. The van der Waals surface area contributed by atoms with Crippen molar-refractivity contribution in [2.24, 2.45) is 11.8 Å². The number of carbonyl (C=O) groups excluding carboxylic acids is 1. The third-order valence-corrected chi connectivity index (χ3v) is 4.97. The number of hydrogen-bond acceptors (Lipinski definition) is 2. The lowest BCUT2D eigenvalue weighted by molar-refractivity contribution is 0.112. The number of fused-ring (bicyclic) bond motifs is 1. The van der Waals surface area contributed by atoms with Gasteiger partial charge in [-0.05, 0) is 51.0 Å². The van der Waals surface area contributed by atoms with Crippen LogP contribution >= 0.6 is 15.9 Å². The van der Waals surface area contributed by atoms with Crippen molar-refractivity contribution in [3.05, 3.63) is 40.9 Å². The van der Waals surface area contributed by atoms with Crippen LogP contribution in [0.3, 0.4) is 0 Å². The summed E-state index contributed by atoms with van der Waals surface area (Å²) < 4.78 is 6.46. The molecule has 2 aromatic carbocycles. The van der Waals surface area contributed by atoms with Gasteiger partial charge in [-0.1, -0.05) is 44.2 Å². The normalized spacial score (nSPS) is 21.9. The first-order valence-electron chi connectivity index (χ1n) is 7.68. The number of piperidine rings is 1. The molecule has 0 aliphatic carbocycles. The molecule has 0 N–H and O–H groups in total. The molecule has 3 nitrogen and oxygen atoms in total. The summed E-state index contributed by atoms with van der Waals surface area (Å²) >= 11 is 3.56. The van der Waals surface area contributed by atoms with Crippen LogP contribution < -0.4 is 4.74 Å². The van der Waals surface area contributed by atoms with Gasteiger partial charge in [0.05, 0.1) is 4.47 Å². The van der Waals surface area contributed by atoms with Gasteiger partial charge in [0.15, 0.2) is 0 Å². The average Bonchev–Trinajstić information content (AvgIpc) is 2.49. The van der Waals surface area contributed by atoms with E-state index < -0.39 is 0 Å². The summed E-state index contributed by atoms with van der Waals surface area (Å²) in [6.07, 6.45) is 0.915. The number of ether oxygens (including phenoxy) is 1. The second-order valence-electron chi connectivity index (χ2n) is 6.32. The number of likely N-dealkylation sites (tertiary alicyclic amines) is 1. The van der Waals surface area contributed by atoms with Crippen LogP contribution in [0.5, 0.6) is 5.75 Å². The summed E-state index contributed by atoms with van der Waals surface area (Å²) in [6, 6.07) is 11.9. The van der Waals surface area contributed by atoms with E-state index in [1.165, 1.54) is 6.42 Å². The Labute approximate surface area is 139 Å². The maximum Gasteiger partial charge on any atom is 0.415 e. The third-order valence-electron chi connectivity index (χ3n) is 4.15. The molecule has 4 heteroatoms. The van der Waals surface area contributed by atoms with Gasteiger partial charge in [-0.2, -0.15) is 0 Å². The predicted molar refractivity (Wildman–Crippen MR) is 92.2 cm³/mol. The molecule has 1 saturated heterocycles. The first-order valence-corrected chi connectivity index (χ1v) is 8.48. The van der Waals surface area contributed by atoms with Crippen molar-refractivity contribution < 1.29 is 9.53 Å². The molecule has 116 valence electrons. The lowest BCUT2D eigenvalue weighted by Crippen LogP contribution is -2.44. The van der Waals surface area contributed by atoms with Crippen LogP contribution in [0.15, 0.2) is 40.9 Å². The van der Waals surface area contributed by atoms with Gasteiger partial charge in [0.2, 0.25) is 0 Å². The Morgan fingerprint density at radius 3 is 2.55 bits per heavy atom. The highest BCUT2D eigenvalue weighted by Gasteiger charge is 2.27. The Balaban J connectivity index is 1.81. The molecule has 3 rings (SSSR count). The number of carbonyl (C=O) groups is 1. The first kappa shape index (κ1) is 15.3. The second kappa shape index (κ2) is 6.29. The van der Waals surface area contributed by atoms with E-state index in [4.69, 9.17) is 4.74 Å². The molecule has 1 amide bonds. The summed E-state index contributed by atoms with van der Waals surface area (Å²) in [5.74, 6) is 1.63. The highest BCUT2D eigenvalue weighted by molar-refractivity contribution is 9.10. The summed E-state index contributed by atoms with van der Waals surface area (Å²) in [5.41, 5.74) is 0. The monoisotopic (exact) mass is 361 g/mol. The zero-order valence-electron chi connectivity index (χ0n) is 12.9. The van der Waals surface area contributed by atoms with Crippen molar-refractivity contribution in [3.8, 4) is 5.75 Å². The molecular formula is C18H20BrNO2. The van der Waals surface area contributed by atoms with E-state index >= 15 is 0 Å². The summed E-state index contributed by atoms with van der Waals surface area (Å²) in [4.78, 5) is 14.2. The molecule has 1 fully saturated rings. The van der Waals surface area contributed by atoms with Crippen LogP contribution in [0.25, 0.3) is 10.8 Å². The highest BCUT2D eigenvalue weighted by atomic mass is 79.9. The predicted octanol–water partition coefficient (Wildman–Crippen LogP) is 5.08. The zero-order chi connectivity index (χ0) is 15.7. The van der Waals surface area contributed by atoms with Gasteiger partial charge < -0.3 is 9.64 Å². The van der Waals surface area contributed by atoms with E-state index in [0.29, 0.717) is 17.6 Å². The lowest BCUT2D eigenvalue weighted by Gasteiger charge is -2.34. The average molecular weight is 362 g/mol. The van der Waals surface area contributed by atoms with E-state index in [1.807, 2.05) is 41.3 Å². The first-order chi connectivity index (χ1) is 10.5. The topological polar surface area (TPSA) is 29.5 Å². The Hall–Kier alpha value is -1.55. The smallest absolute Gasteiger partial charge is 0.409 e. The van der Waals surface area contributed by atoms with Gasteiger partial charge >= 0.3 is 6.09 Å². The Morgan fingerprint density at radius 1 is 1.14 bits per heavy atom. The van der Waals surface area contributed by atoms with Crippen molar-refractivity contribution in [1.29, 1.82) is 0 Å². The SMILES string of the molecule is CC1CC(C)CN(C(=O)Oc2ccc3ccccc3c2Br)C1. The van der Waals surface area contributed by atoms with E-state index in [0.717, 1.165) is 28.3 Å². The number of halogens is 1. The fraction of sp³-hybridized carbons (Fsp3) is 0.389. The number of nitrogens with zero attached hydrogens (tertiary/aromatic N) is 1. The minimum atomic E-state index is -0.255. The van der Waals surface area contributed by atoms with Gasteiger partial charge in [-0.15, -0.1) is 0 Å². The van der Waals surface area contributed by atoms with E-state index in [-0.39, 0.29) is 6.09 Å². The standard InChI is InChI=1S/C18H20BrNO2/c1-12-9-13(2)11-20(10-12)18(21)22-16-8-7-14-5-3-4-6-15(14)17(16)19/h3-8,12-13H,9-11H2,1-2H3. The van der Waals surface area contributed by atoms with E-state index in [9.17, 15) is 4.79 Å². The molecule has 22 heavy (non-hydrogen) atoms. The largest absolute Gasteiger partial charge is 0.415 e. The minimum absolute atomic E-state index is 0.255. The molecule has 0 bridgehead atoms. The Kier molecular flexibility index (Phi) is 4.39. The van der Waals surface area contributed by atoms with Crippen LogP contribution in [-0.4, -0.2) is 24.1 Å². The molecule has 0 radical (unpaired) electrons. The van der Waals surface area contributed by atoms with Crippen molar-refractivity contribution >= 4 is 32.8 Å². The van der Waals surface area contributed by atoms with Crippen LogP contribution in [0.4, 0.5) is 4.79 Å². The van der Waals surface area contributed by atoms with Crippen molar-refractivity contribution in [2.45, 2.75) is 20.3 Å². The fourth-order valence-electron chi connectivity index (χ4n) is 3.26. The molecule has 0 aromatic heterocycles. The Bertz CT molecular complexity index is 691. The molecule has 2 atom stereocenters. The molecular weight excluding hydrogens is 342 g/mol. The second-order valence-corrected chi connectivity index (χ2v) is 7.11. The van der Waals surface area contributed by atoms with Gasteiger partial charge in [0.1, 0.15) is 5.75 Å². The molecule has 1 aliphatic heterocycles. The van der Waals surface area contributed by atoms with Gasteiger partial charge in [0, 0.05) is 13.1 Å². The van der Waals surface area contributed by atoms with Crippen molar-refractivity contribution in [3.63, 3.8) is 0 Å². The van der Waals surface area contributed by atoms with Gasteiger partial charge in [-0.25, -0.2) is 4.79 Å². The molecule has 0 spiro atoms. The van der Waals surface area contributed by atoms with E-state index in [2.05, 4.69) is 29.8 Å². The van der Waals surface area contributed by atoms with Gasteiger partial charge in [-0.3, -0.25) is 0 Å². The maximum absolute atomic E-state index is 12.4. The zero-order valence-corrected chi connectivity index (χ0v) is 14.5. The third kappa shape index (κ3) is 3.12. The summed E-state index contributed by atoms with van der Waals surface area (Å²) in [6.45, 7) is 5.91. The van der Waals surface area contributed by atoms with Crippen molar-refractivity contribution in [1.82, 2.24) is 4.90 Å². The molecule has 2 unspecified atom stereocenters. The van der Waals surface area contributed by atoms with Crippen LogP contribution in [0.2, 0.25) is 0 Å². The maximum atomic E-state index is 12.4. The molecule has 1 heterocycles. The van der Waals surface area contributed by atoms with Crippen LogP contribution in [-0.2, 0) is 0 Å². The Morgan fingerprint density at radius 2 is 1.82 bits per heavy atom. The number of benzene rings is 2. The van der Waals surface area contributed by atoms with Crippen LogP contribution in [0, 0.1) is 11.8 Å². The fourth-order valence-corrected chi connectivity index (χ4v) is 3.84. The molecule has 1 aliphatic rings. The van der Waals surface area contributed by atoms with Gasteiger partial charge in [0.25, 0.3) is 0 Å². The van der Waals surface area contributed by atoms with E-state index in [1.54, 1.807) is 0 Å².